The summed E-state index contributed by atoms with van der Waals surface area (Å²) in [6.45, 7) is 2.57. The zero-order valence-electron chi connectivity index (χ0n) is 17.1. The molecule has 1 atom stereocenters. The van der Waals surface area contributed by atoms with E-state index in [0.717, 1.165) is 30.8 Å². The lowest BCUT2D eigenvalue weighted by molar-refractivity contribution is 0.0895. The summed E-state index contributed by atoms with van der Waals surface area (Å²) in [5.41, 5.74) is 0.949. The predicted octanol–water partition coefficient (Wildman–Crippen LogP) is 3.36. The molecule has 1 aromatic heterocycles. The Balaban J connectivity index is 1.78. The number of hydrogen-bond acceptors (Lipinski definition) is 6. The molecule has 158 valence electrons. The van der Waals surface area contributed by atoms with Gasteiger partial charge < -0.3 is 33.6 Å². The maximum absolute atomic E-state index is 5.84. The number of nitrogens with zero attached hydrogens (tertiary/aromatic N) is 1. The van der Waals surface area contributed by atoms with Crippen LogP contribution >= 0.6 is 12.2 Å². The van der Waals surface area contributed by atoms with E-state index in [2.05, 4.69) is 10.2 Å². The topological polar surface area (TPSA) is 65.3 Å². The first-order valence-corrected chi connectivity index (χ1v) is 10.0. The molecular weight excluding hydrogens is 392 g/mol. The van der Waals surface area contributed by atoms with E-state index >= 15 is 0 Å². The van der Waals surface area contributed by atoms with Gasteiger partial charge in [-0.25, -0.2) is 0 Å². The van der Waals surface area contributed by atoms with Crippen molar-refractivity contribution in [2.45, 2.75) is 32.0 Å². The van der Waals surface area contributed by atoms with Gasteiger partial charge in [-0.05, 0) is 43.3 Å². The minimum atomic E-state index is 0.157. The highest BCUT2D eigenvalue weighted by atomic mass is 32.1. The average molecular weight is 421 g/mol. The van der Waals surface area contributed by atoms with Gasteiger partial charge in [0.1, 0.15) is 11.5 Å². The van der Waals surface area contributed by atoms with Gasteiger partial charge in [0.05, 0.1) is 40.2 Å². The monoisotopic (exact) mass is 420 g/mol. The number of furan rings is 1. The molecule has 3 rings (SSSR count). The SMILES string of the molecule is COc1cc(OC)c(OC)cc1CN(C[C@H]1CCCO1)C(=S)NCc1ccco1. The van der Waals surface area contributed by atoms with Crippen LogP contribution < -0.4 is 19.5 Å². The fourth-order valence-corrected chi connectivity index (χ4v) is 3.57. The molecule has 0 aliphatic carbocycles. The van der Waals surface area contributed by atoms with Crippen molar-refractivity contribution >= 4 is 17.3 Å². The molecule has 7 nitrogen and oxygen atoms in total. The molecule has 0 radical (unpaired) electrons. The van der Waals surface area contributed by atoms with Crippen LogP contribution in [0.4, 0.5) is 0 Å². The molecule has 0 unspecified atom stereocenters. The Labute approximate surface area is 176 Å². The first-order chi connectivity index (χ1) is 14.1. The predicted molar refractivity (Wildman–Crippen MR) is 114 cm³/mol. The number of rotatable bonds is 9. The van der Waals surface area contributed by atoms with Crippen LogP contribution in [0.5, 0.6) is 17.2 Å². The molecule has 0 spiro atoms. The third-order valence-electron chi connectivity index (χ3n) is 4.88. The molecule has 8 heteroatoms. The molecule has 1 N–H and O–H groups in total. The van der Waals surface area contributed by atoms with Crippen molar-refractivity contribution in [1.29, 1.82) is 0 Å². The van der Waals surface area contributed by atoms with Gasteiger partial charge in [-0.1, -0.05) is 0 Å². The Morgan fingerprint density at radius 1 is 1.17 bits per heavy atom. The first kappa shape index (κ1) is 21.3. The Morgan fingerprint density at radius 3 is 2.55 bits per heavy atom. The Hall–Kier alpha value is -2.45. The number of benzene rings is 1. The van der Waals surface area contributed by atoms with Crippen molar-refractivity contribution < 1.29 is 23.4 Å². The largest absolute Gasteiger partial charge is 0.496 e. The Bertz CT molecular complexity index is 791. The highest BCUT2D eigenvalue weighted by Crippen LogP contribution is 2.35. The van der Waals surface area contributed by atoms with Gasteiger partial charge in [0.15, 0.2) is 16.6 Å². The number of ether oxygens (including phenoxy) is 4. The highest BCUT2D eigenvalue weighted by molar-refractivity contribution is 7.80. The second kappa shape index (κ2) is 10.4. The molecule has 29 heavy (non-hydrogen) atoms. The van der Waals surface area contributed by atoms with Crippen molar-refractivity contribution in [2.75, 3.05) is 34.5 Å². The molecule has 0 saturated carbocycles. The third kappa shape index (κ3) is 5.55. The number of nitrogens with one attached hydrogen (secondary N) is 1. The summed E-state index contributed by atoms with van der Waals surface area (Å²) in [7, 11) is 4.87. The van der Waals surface area contributed by atoms with E-state index < -0.39 is 0 Å². The lowest BCUT2D eigenvalue weighted by atomic mass is 10.1. The second-order valence-electron chi connectivity index (χ2n) is 6.77. The quantitative estimate of drug-likeness (QED) is 0.620. The number of thiocarbonyl (C=S) groups is 1. The molecule has 1 fully saturated rings. The smallest absolute Gasteiger partial charge is 0.169 e. The minimum absolute atomic E-state index is 0.157. The van der Waals surface area contributed by atoms with Crippen molar-refractivity contribution in [1.82, 2.24) is 10.2 Å². The molecule has 1 saturated heterocycles. The van der Waals surface area contributed by atoms with E-state index in [1.807, 2.05) is 24.3 Å². The minimum Gasteiger partial charge on any atom is -0.496 e. The summed E-state index contributed by atoms with van der Waals surface area (Å²) < 4.78 is 27.7. The average Bonchev–Trinajstić information content (AvgIpc) is 3.45. The molecule has 1 aliphatic heterocycles. The zero-order valence-corrected chi connectivity index (χ0v) is 17.9. The molecular formula is C21H28N2O5S. The Morgan fingerprint density at radius 2 is 1.93 bits per heavy atom. The van der Waals surface area contributed by atoms with Crippen LogP contribution in [0.1, 0.15) is 24.2 Å². The van der Waals surface area contributed by atoms with Crippen LogP contribution in [0.15, 0.2) is 34.9 Å². The molecule has 0 amide bonds. The van der Waals surface area contributed by atoms with Gasteiger partial charge in [-0.2, -0.15) is 0 Å². The van der Waals surface area contributed by atoms with Gasteiger partial charge in [0.25, 0.3) is 0 Å². The maximum Gasteiger partial charge on any atom is 0.169 e. The summed E-state index contributed by atoms with van der Waals surface area (Å²) >= 11 is 5.69. The van der Waals surface area contributed by atoms with E-state index in [1.54, 1.807) is 27.6 Å². The van der Waals surface area contributed by atoms with Crippen LogP contribution in [0.25, 0.3) is 0 Å². The van der Waals surface area contributed by atoms with Crippen molar-refractivity contribution in [3.63, 3.8) is 0 Å². The van der Waals surface area contributed by atoms with Gasteiger partial charge in [-0.3, -0.25) is 0 Å². The molecule has 1 aliphatic rings. The summed E-state index contributed by atoms with van der Waals surface area (Å²) in [6.07, 6.45) is 3.91. The lowest BCUT2D eigenvalue weighted by Gasteiger charge is -2.29. The maximum atomic E-state index is 5.84. The third-order valence-corrected chi connectivity index (χ3v) is 5.28. The van der Waals surface area contributed by atoms with E-state index in [-0.39, 0.29) is 6.10 Å². The van der Waals surface area contributed by atoms with E-state index in [0.29, 0.717) is 42.0 Å². The second-order valence-corrected chi connectivity index (χ2v) is 7.16. The van der Waals surface area contributed by atoms with Gasteiger partial charge in [-0.15, -0.1) is 0 Å². The summed E-state index contributed by atoms with van der Waals surface area (Å²) in [4.78, 5) is 2.10. The highest BCUT2D eigenvalue weighted by Gasteiger charge is 2.23. The first-order valence-electron chi connectivity index (χ1n) is 9.60. The molecule has 0 bridgehead atoms. The van der Waals surface area contributed by atoms with Crippen molar-refractivity contribution in [3.05, 3.63) is 41.9 Å². The summed E-state index contributed by atoms with van der Waals surface area (Å²) in [6, 6.07) is 7.53. The van der Waals surface area contributed by atoms with E-state index in [4.69, 9.17) is 35.6 Å². The Kier molecular flexibility index (Phi) is 7.60. The van der Waals surface area contributed by atoms with Crippen LogP contribution in [0, 0.1) is 0 Å². The van der Waals surface area contributed by atoms with Gasteiger partial charge >= 0.3 is 0 Å². The molecule has 2 heterocycles. The number of hydrogen-bond donors (Lipinski definition) is 1. The number of methoxy groups -OCH3 is 3. The van der Waals surface area contributed by atoms with Crippen LogP contribution in [-0.2, 0) is 17.8 Å². The van der Waals surface area contributed by atoms with E-state index in [9.17, 15) is 0 Å². The van der Waals surface area contributed by atoms with Gasteiger partial charge in [0.2, 0.25) is 0 Å². The standard InChI is InChI=1S/C21H28N2O5S/c1-24-18-11-20(26-3)19(25-2)10-15(18)13-23(14-17-7-5-9-28-17)21(29)22-12-16-6-4-8-27-16/h4,6,8,10-11,17H,5,7,9,12-14H2,1-3H3,(H,22,29)/t17-/m1/s1. The van der Waals surface area contributed by atoms with Crippen molar-refractivity contribution in [2.24, 2.45) is 0 Å². The van der Waals surface area contributed by atoms with Crippen molar-refractivity contribution in [3.8, 4) is 17.2 Å². The fourth-order valence-electron chi connectivity index (χ4n) is 3.36. The van der Waals surface area contributed by atoms with Crippen LogP contribution in [0.2, 0.25) is 0 Å². The molecule has 2 aromatic rings. The fraction of sp³-hybridized carbons (Fsp3) is 0.476. The zero-order chi connectivity index (χ0) is 20.6. The van der Waals surface area contributed by atoms with Crippen LogP contribution in [0.3, 0.4) is 0 Å². The summed E-state index contributed by atoms with van der Waals surface area (Å²) in [5.74, 6) is 2.81. The lowest BCUT2D eigenvalue weighted by Crippen LogP contribution is -2.42. The molecule has 1 aromatic carbocycles. The van der Waals surface area contributed by atoms with Gasteiger partial charge in [0, 0.05) is 31.3 Å². The van der Waals surface area contributed by atoms with Crippen LogP contribution in [-0.4, -0.2) is 50.6 Å². The normalized spacial score (nSPS) is 15.8. The van der Waals surface area contributed by atoms with E-state index in [1.165, 1.54) is 0 Å². The summed E-state index contributed by atoms with van der Waals surface area (Å²) in [5, 5.41) is 3.91.